The Morgan fingerprint density at radius 3 is 2.38 bits per heavy atom. The summed E-state index contributed by atoms with van der Waals surface area (Å²) >= 11 is 0. The third-order valence-corrected chi connectivity index (χ3v) is 5.29. The number of rotatable bonds is 7. The van der Waals surface area contributed by atoms with Crippen molar-refractivity contribution in [3.63, 3.8) is 0 Å². The number of nitrogens with zero attached hydrogens (tertiary/aromatic N) is 1. The van der Waals surface area contributed by atoms with E-state index in [4.69, 9.17) is 9.47 Å². The van der Waals surface area contributed by atoms with Gasteiger partial charge in [-0.15, -0.1) is 0 Å². The number of nitrogens with one attached hydrogen (secondary N) is 1. The van der Waals surface area contributed by atoms with E-state index >= 15 is 0 Å². The van der Waals surface area contributed by atoms with Crippen LogP contribution in [0.25, 0.3) is 17.2 Å². The SMILES string of the molecule is CCOC(=O)c1cncc(C=CCNC(=O)OCC2c3ccccc3-c3ccccc32)c1. The summed E-state index contributed by atoms with van der Waals surface area (Å²) in [5.74, 6) is -0.382. The lowest BCUT2D eigenvalue weighted by Crippen LogP contribution is -2.26. The number of hydrogen-bond acceptors (Lipinski definition) is 5. The minimum Gasteiger partial charge on any atom is -0.462 e. The lowest BCUT2D eigenvalue weighted by Gasteiger charge is -2.14. The van der Waals surface area contributed by atoms with Crippen molar-refractivity contribution in [3.8, 4) is 11.1 Å². The van der Waals surface area contributed by atoms with Gasteiger partial charge in [0.2, 0.25) is 0 Å². The van der Waals surface area contributed by atoms with Crippen molar-refractivity contribution in [2.45, 2.75) is 12.8 Å². The first-order chi connectivity index (χ1) is 15.7. The summed E-state index contributed by atoms with van der Waals surface area (Å²) in [4.78, 5) is 28.0. The van der Waals surface area contributed by atoms with Crippen LogP contribution in [0.4, 0.5) is 4.79 Å². The molecule has 0 unspecified atom stereocenters. The largest absolute Gasteiger partial charge is 0.462 e. The Morgan fingerprint density at radius 2 is 1.69 bits per heavy atom. The Morgan fingerprint density at radius 1 is 1.00 bits per heavy atom. The van der Waals surface area contributed by atoms with Gasteiger partial charge in [-0.25, -0.2) is 9.59 Å². The minimum absolute atomic E-state index is 0.0281. The van der Waals surface area contributed by atoms with Crippen LogP contribution in [0, 0.1) is 0 Å². The highest BCUT2D eigenvalue weighted by Crippen LogP contribution is 2.44. The van der Waals surface area contributed by atoms with Gasteiger partial charge in [0.15, 0.2) is 0 Å². The van der Waals surface area contributed by atoms with E-state index in [1.807, 2.05) is 24.3 Å². The number of esters is 1. The van der Waals surface area contributed by atoms with Crippen molar-refractivity contribution in [3.05, 3.63) is 95.3 Å². The second-order valence-corrected chi connectivity index (χ2v) is 7.34. The van der Waals surface area contributed by atoms with E-state index in [0.717, 1.165) is 5.56 Å². The van der Waals surface area contributed by atoms with Crippen LogP contribution in [-0.2, 0) is 9.47 Å². The van der Waals surface area contributed by atoms with Crippen LogP contribution in [-0.4, -0.2) is 36.8 Å². The molecule has 1 amide bonds. The molecule has 162 valence electrons. The number of ether oxygens (including phenoxy) is 2. The standard InChI is InChI=1S/C26H24N2O4/c1-2-31-25(29)19-14-18(15-27-16-19)8-7-13-28-26(30)32-17-24-22-11-5-3-9-20(22)21-10-4-6-12-23(21)24/h3-12,14-16,24H,2,13,17H2,1H3,(H,28,30). The first-order valence-electron chi connectivity index (χ1n) is 10.5. The molecule has 0 saturated carbocycles. The Balaban J connectivity index is 1.30. The number of alkyl carbamates (subject to hydrolysis) is 1. The number of hydrogen-bond donors (Lipinski definition) is 1. The number of benzene rings is 2. The zero-order valence-electron chi connectivity index (χ0n) is 17.8. The first kappa shape index (κ1) is 21.3. The van der Waals surface area contributed by atoms with Gasteiger partial charge in [0, 0.05) is 24.9 Å². The summed E-state index contributed by atoms with van der Waals surface area (Å²) in [7, 11) is 0. The Bertz CT molecular complexity index is 1110. The summed E-state index contributed by atoms with van der Waals surface area (Å²) in [6, 6.07) is 18.1. The molecule has 1 heterocycles. The zero-order valence-corrected chi connectivity index (χ0v) is 17.8. The normalized spacial score (nSPS) is 12.3. The van der Waals surface area contributed by atoms with E-state index in [2.05, 4.69) is 34.6 Å². The molecule has 1 aliphatic carbocycles. The van der Waals surface area contributed by atoms with Crippen molar-refractivity contribution in [1.82, 2.24) is 10.3 Å². The monoisotopic (exact) mass is 428 g/mol. The quantitative estimate of drug-likeness (QED) is 0.547. The maximum atomic E-state index is 12.2. The maximum absolute atomic E-state index is 12.2. The van der Waals surface area contributed by atoms with Gasteiger partial charge in [-0.1, -0.05) is 60.7 Å². The van der Waals surface area contributed by atoms with Crippen molar-refractivity contribution in [1.29, 1.82) is 0 Å². The van der Waals surface area contributed by atoms with E-state index in [0.29, 0.717) is 18.7 Å². The molecule has 32 heavy (non-hydrogen) atoms. The molecule has 0 fully saturated rings. The third-order valence-electron chi connectivity index (χ3n) is 5.29. The molecule has 0 radical (unpaired) electrons. The molecule has 0 spiro atoms. The Kier molecular flexibility index (Phi) is 6.60. The predicted molar refractivity (Wildman–Crippen MR) is 122 cm³/mol. The molecule has 6 heteroatoms. The smallest absolute Gasteiger partial charge is 0.407 e. The minimum atomic E-state index is -0.477. The van der Waals surface area contributed by atoms with Crippen molar-refractivity contribution in [2.24, 2.45) is 0 Å². The molecule has 0 saturated heterocycles. The van der Waals surface area contributed by atoms with Gasteiger partial charge in [0.05, 0.1) is 12.2 Å². The molecule has 0 aliphatic heterocycles. The molecule has 6 nitrogen and oxygen atoms in total. The van der Waals surface area contributed by atoms with Gasteiger partial charge in [-0.05, 0) is 40.8 Å². The molecule has 2 aromatic carbocycles. The van der Waals surface area contributed by atoms with Crippen molar-refractivity contribution < 1.29 is 19.1 Å². The van der Waals surface area contributed by atoms with Gasteiger partial charge < -0.3 is 14.8 Å². The second kappa shape index (κ2) is 9.92. The predicted octanol–water partition coefficient (Wildman–Crippen LogP) is 4.81. The molecule has 3 aromatic rings. The number of pyridine rings is 1. The lowest BCUT2D eigenvalue weighted by molar-refractivity contribution is 0.0525. The zero-order chi connectivity index (χ0) is 22.3. The average molecular weight is 428 g/mol. The Hall–Kier alpha value is -3.93. The number of carbonyl (C=O) groups excluding carboxylic acids is 2. The fourth-order valence-corrected chi connectivity index (χ4v) is 3.86. The van der Waals surface area contributed by atoms with E-state index in [-0.39, 0.29) is 12.5 Å². The van der Waals surface area contributed by atoms with E-state index < -0.39 is 12.1 Å². The van der Waals surface area contributed by atoms with Crippen molar-refractivity contribution in [2.75, 3.05) is 19.8 Å². The molecule has 1 aliphatic rings. The summed E-state index contributed by atoms with van der Waals surface area (Å²) in [5, 5.41) is 2.72. The van der Waals surface area contributed by atoms with Gasteiger partial charge in [-0.3, -0.25) is 4.98 Å². The first-order valence-corrected chi connectivity index (χ1v) is 10.5. The third kappa shape index (κ3) is 4.70. The molecular formula is C26H24N2O4. The van der Waals surface area contributed by atoms with E-state index in [1.165, 1.54) is 28.5 Å². The van der Waals surface area contributed by atoms with Gasteiger partial charge in [-0.2, -0.15) is 0 Å². The van der Waals surface area contributed by atoms with Crippen LogP contribution >= 0.6 is 0 Å². The topological polar surface area (TPSA) is 77.5 Å². The van der Waals surface area contributed by atoms with Crippen molar-refractivity contribution >= 4 is 18.1 Å². The molecule has 0 atom stereocenters. The van der Waals surface area contributed by atoms with Crippen LogP contribution in [0.2, 0.25) is 0 Å². The molecule has 4 rings (SSSR count). The van der Waals surface area contributed by atoms with Crippen LogP contribution < -0.4 is 5.32 Å². The van der Waals surface area contributed by atoms with Crippen LogP contribution in [0.3, 0.4) is 0 Å². The lowest BCUT2D eigenvalue weighted by atomic mass is 9.98. The number of aromatic nitrogens is 1. The number of carbonyl (C=O) groups is 2. The molecule has 1 aromatic heterocycles. The van der Waals surface area contributed by atoms with E-state index in [9.17, 15) is 9.59 Å². The Labute approximate surface area is 186 Å². The summed E-state index contributed by atoms with van der Waals surface area (Å²) in [6.07, 6.45) is 6.17. The fourth-order valence-electron chi connectivity index (χ4n) is 3.86. The number of amides is 1. The second-order valence-electron chi connectivity index (χ2n) is 7.34. The maximum Gasteiger partial charge on any atom is 0.407 e. The van der Waals surface area contributed by atoms with Gasteiger partial charge >= 0.3 is 12.1 Å². The van der Waals surface area contributed by atoms with Crippen LogP contribution in [0.15, 0.2) is 73.1 Å². The van der Waals surface area contributed by atoms with Crippen LogP contribution in [0.5, 0.6) is 0 Å². The molecule has 0 bridgehead atoms. The fraction of sp³-hybridized carbons (Fsp3) is 0.192. The van der Waals surface area contributed by atoms with Gasteiger partial charge in [0.1, 0.15) is 6.61 Å². The van der Waals surface area contributed by atoms with Crippen LogP contribution in [0.1, 0.15) is 39.9 Å². The number of fused-ring (bicyclic) bond motifs is 3. The highest BCUT2D eigenvalue weighted by atomic mass is 16.5. The van der Waals surface area contributed by atoms with E-state index in [1.54, 1.807) is 31.3 Å². The molecule has 1 N–H and O–H groups in total. The summed E-state index contributed by atoms with van der Waals surface area (Å²) in [6.45, 7) is 2.63. The summed E-state index contributed by atoms with van der Waals surface area (Å²) in [5.41, 5.74) is 5.87. The van der Waals surface area contributed by atoms with Gasteiger partial charge in [0.25, 0.3) is 0 Å². The molecular weight excluding hydrogens is 404 g/mol. The average Bonchev–Trinajstić information content (AvgIpc) is 3.15. The highest BCUT2D eigenvalue weighted by molar-refractivity contribution is 5.89. The highest BCUT2D eigenvalue weighted by Gasteiger charge is 2.28. The summed E-state index contributed by atoms with van der Waals surface area (Å²) < 4.78 is 10.5.